The third-order valence-corrected chi connectivity index (χ3v) is 8.29. The summed E-state index contributed by atoms with van der Waals surface area (Å²) in [5.74, 6) is -0.0736. The van der Waals surface area contributed by atoms with Crippen LogP contribution in [0.5, 0.6) is 5.75 Å². The lowest BCUT2D eigenvalue weighted by atomic mass is 9.68. The molecule has 1 aliphatic heterocycles. The van der Waals surface area contributed by atoms with E-state index in [0.717, 1.165) is 42.6 Å². The van der Waals surface area contributed by atoms with Gasteiger partial charge in [-0.05, 0) is 85.6 Å². The van der Waals surface area contributed by atoms with E-state index >= 15 is 0 Å². The van der Waals surface area contributed by atoms with E-state index in [0.29, 0.717) is 19.4 Å². The van der Waals surface area contributed by atoms with Crippen molar-refractivity contribution in [1.29, 1.82) is 0 Å². The van der Waals surface area contributed by atoms with Crippen molar-refractivity contribution in [3.05, 3.63) is 65.2 Å². The Hall–Kier alpha value is -3.35. The van der Waals surface area contributed by atoms with Gasteiger partial charge in [0.05, 0.1) is 13.0 Å². The number of carboxylic acid groups (broad SMARTS) is 1. The number of nitrogens with one attached hydrogen (secondary N) is 1. The molecule has 2 aromatic carbocycles. The monoisotopic (exact) mass is 520 g/mol. The smallest absolute Gasteiger partial charge is 0.325 e. The number of carbonyl (C=O) groups is 3. The van der Waals surface area contributed by atoms with Crippen molar-refractivity contribution >= 4 is 17.9 Å². The van der Waals surface area contributed by atoms with E-state index in [2.05, 4.69) is 29.6 Å². The van der Waals surface area contributed by atoms with Gasteiger partial charge in [-0.3, -0.25) is 14.5 Å². The van der Waals surface area contributed by atoms with Gasteiger partial charge in [-0.15, -0.1) is 0 Å². The number of hydrogen-bond acceptors (Lipinski definition) is 4. The number of hydrogen-bond donors (Lipinski definition) is 2. The molecule has 204 valence electrons. The van der Waals surface area contributed by atoms with Crippen LogP contribution in [0.25, 0.3) is 0 Å². The van der Waals surface area contributed by atoms with E-state index in [1.54, 1.807) is 14.0 Å². The second kappa shape index (κ2) is 11.6. The van der Waals surface area contributed by atoms with Crippen molar-refractivity contribution < 1.29 is 24.2 Å². The average molecular weight is 521 g/mol. The summed E-state index contributed by atoms with van der Waals surface area (Å²) in [4.78, 5) is 39.2. The number of methoxy groups -OCH3 is 1. The lowest BCUT2D eigenvalue weighted by Gasteiger charge is -2.40. The molecule has 7 heteroatoms. The first kappa shape index (κ1) is 27.7. The molecule has 4 unspecified atom stereocenters. The molecule has 1 heterocycles. The molecule has 2 aliphatic rings. The summed E-state index contributed by atoms with van der Waals surface area (Å²) in [6, 6.07) is 15.8. The van der Waals surface area contributed by atoms with Crippen molar-refractivity contribution in [2.75, 3.05) is 13.7 Å². The number of benzene rings is 2. The van der Waals surface area contributed by atoms with E-state index in [4.69, 9.17) is 4.74 Å². The topological polar surface area (TPSA) is 95.9 Å². The van der Waals surface area contributed by atoms with Gasteiger partial charge in [-0.1, -0.05) is 56.7 Å². The molecule has 4 atom stereocenters. The molecule has 4 rings (SSSR count). The summed E-state index contributed by atoms with van der Waals surface area (Å²) in [5, 5.41) is 12.5. The zero-order valence-electron chi connectivity index (χ0n) is 22.9. The van der Waals surface area contributed by atoms with Crippen LogP contribution in [0.2, 0.25) is 0 Å². The molecule has 0 aromatic heterocycles. The minimum absolute atomic E-state index is 0.0829. The number of urea groups is 1. The number of imide groups is 1. The zero-order chi connectivity index (χ0) is 27.4. The fourth-order valence-electron chi connectivity index (χ4n) is 6.14. The van der Waals surface area contributed by atoms with E-state index < -0.39 is 17.4 Å². The molecule has 2 aromatic rings. The molecule has 2 N–H and O–H groups in total. The third-order valence-electron chi connectivity index (χ3n) is 8.29. The average Bonchev–Trinajstić information content (AvgIpc) is 3.12. The standard InChI is InChI=1S/C31H40N2O5/c1-20(2)19-33-29(36)31(32-30(33)37)17-5-6-25(18-31)27(16-9-22-7-14-26(38-4)15-8-22)24-12-10-23(11-13-24)21(3)28(34)35/h7-8,10-15,20-21,25,27H,5-6,9,16-19H2,1-4H3,(H,32,37)(H,34,35). The van der Waals surface area contributed by atoms with Crippen molar-refractivity contribution in [2.45, 2.75) is 76.7 Å². The summed E-state index contributed by atoms with van der Waals surface area (Å²) in [7, 11) is 1.66. The Balaban J connectivity index is 1.59. The molecule has 7 nitrogen and oxygen atoms in total. The van der Waals surface area contributed by atoms with Crippen LogP contribution in [0.4, 0.5) is 4.79 Å². The molecular weight excluding hydrogens is 480 g/mol. The number of aliphatic carboxylic acids is 1. The van der Waals surface area contributed by atoms with Crippen LogP contribution in [0.15, 0.2) is 48.5 Å². The van der Waals surface area contributed by atoms with Gasteiger partial charge < -0.3 is 15.2 Å². The maximum absolute atomic E-state index is 13.5. The lowest BCUT2D eigenvalue weighted by Crippen LogP contribution is -2.51. The Morgan fingerprint density at radius 2 is 1.74 bits per heavy atom. The van der Waals surface area contributed by atoms with Gasteiger partial charge >= 0.3 is 12.0 Å². The maximum Gasteiger partial charge on any atom is 0.325 e. The third kappa shape index (κ3) is 5.87. The highest BCUT2D eigenvalue weighted by Crippen LogP contribution is 2.45. The van der Waals surface area contributed by atoms with Gasteiger partial charge in [0.2, 0.25) is 0 Å². The van der Waals surface area contributed by atoms with E-state index in [1.807, 2.05) is 38.1 Å². The quantitative estimate of drug-likeness (QED) is 0.390. The number of ether oxygens (including phenoxy) is 1. The van der Waals surface area contributed by atoms with Crippen LogP contribution >= 0.6 is 0 Å². The largest absolute Gasteiger partial charge is 0.497 e. The Kier molecular flexibility index (Phi) is 8.44. The zero-order valence-corrected chi connectivity index (χ0v) is 22.9. The van der Waals surface area contributed by atoms with Crippen LogP contribution in [0.3, 0.4) is 0 Å². The lowest BCUT2D eigenvalue weighted by molar-refractivity contribution is -0.138. The molecule has 3 amide bonds. The van der Waals surface area contributed by atoms with Crippen molar-refractivity contribution in [3.63, 3.8) is 0 Å². The number of carboxylic acids is 1. The first-order valence-corrected chi connectivity index (χ1v) is 13.7. The molecule has 0 radical (unpaired) electrons. The SMILES string of the molecule is COc1ccc(CCC(c2ccc(C(C)C(=O)O)cc2)C2CCCC3(C2)NC(=O)N(CC(C)C)C3=O)cc1. The van der Waals surface area contributed by atoms with E-state index in [1.165, 1.54) is 10.5 Å². The summed E-state index contributed by atoms with van der Waals surface area (Å²) in [5.41, 5.74) is 2.31. The summed E-state index contributed by atoms with van der Waals surface area (Å²) in [6.07, 6.45) is 4.90. The van der Waals surface area contributed by atoms with Crippen molar-refractivity contribution in [3.8, 4) is 5.75 Å². The molecule has 1 saturated heterocycles. The van der Waals surface area contributed by atoms with Crippen LogP contribution in [0.1, 0.15) is 81.4 Å². The van der Waals surface area contributed by atoms with Crippen LogP contribution in [-0.2, 0) is 16.0 Å². The van der Waals surface area contributed by atoms with Crippen LogP contribution in [-0.4, -0.2) is 47.1 Å². The Morgan fingerprint density at radius 3 is 2.34 bits per heavy atom. The molecular formula is C31H40N2O5. The highest BCUT2D eigenvalue weighted by molar-refractivity contribution is 6.07. The van der Waals surface area contributed by atoms with Gasteiger partial charge in [-0.25, -0.2) is 4.79 Å². The summed E-state index contributed by atoms with van der Waals surface area (Å²) in [6.45, 7) is 6.15. The normalized spacial score (nSPS) is 23.0. The van der Waals surface area contributed by atoms with Crippen molar-refractivity contribution in [2.24, 2.45) is 11.8 Å². The van der Waals surface area contributed by atoms with Gasteiger partial charge in [0, 0.05) is 6.54 Å². The molecule has 1 aliphatic carbocycles. The number of aryl methyl sites for hydroxylation is 1. The number of amides is 3. The van der Waals surface area contributed by atoms with E-state index in [9.17, 15) is 19.5 Å². The van der Waals surface area contributed by atoms with Crippen LogP contribution < -0.4 is 10.1 Å². The second-order valence-corrected chi connectivity index (χ2v) is 11.4. The molecule has 38 heavy (non-hydrogen) atoms. The fourth-order valence-corrected chi connectivity index (χ4v) is 6.14. The maximum atomic E-state index is 13.5. The van der Waals surface area contributed by atoms with Gasteiger partial charge in [0.1, 0.15) is 11.3 Å². The first-order valence-electron chi connectivity index (χ1n) is 13.7. The second-order valence-electron chi connectivity index (χ2n) is 11.4. The minimum Gasteiger partial charge on any atom is -0.497 e. The van der Waals surface area contributed by atoms with Gasteiger partial charge in [0.25, 0.3) is 5.91 Å². The Bertz CT molecular complexity index is 1140. The first-order chi connectivity index (χ1) is 18.1. The number of nitrogens with zero attached hydrogens (tertiary/aromatic N) is 1. The fraction of sp³-hybridized carbons (Fsp3) is 0.516. The summed E-state index contributed by atoms with van der Waals surface area (Å²) >= 11 is 0. The van der Waals surface area contributed by atoms with Crippen molar-refractivity contribution in [1.82, 2.24) is 10.2 Å². The molecule has 2 fully saturated rings. The van der Waals surface area contributed by atoms with Crippen LogP contribution in [0, 0.1) is 11.8 Å². The van der Waals surface area contributed by atoms with Gasteiger partial charge in [0.15, 0.2) is 0 Å². The minimum atomic E-state index is -0.843. The highest BCUT2D eigenvalue weighted by Gasteiger charge is 2.53. The highest BCUT2D eigenvalue weighted by atomic mass is 16.5. The van der Waals surface area contributed by atoms with Gasteiger partial charge in [-0.2, -0.15) is 0 Å². The molecule has 0 bridgehead atoms. The Morgan fingerprint density at radius 1 is 1.08 bits per heavy atom. The predicted octanol–water partition coefficient (Wildman–Crippen LogP) is 5.74. The molecule has 1 saturated carbocycles. The Labute approximate surface area is 225 Å². The van der Waals surface area contributed by atoms with E-state index in [-0.39, 0.29) is 29.7 Å². The summed E-state index contributed by atoms with van der Waals surface area (Å²) < 4.78 is 5.30. The predicted molar refractivity (Wildman–Crippen MR) is 146 cm³/mol. The number of rotatable bonds is 10. The molecule has 1 spiro atoms. The number of carbonyl (C=O) groups excluding carboxylic acids is 2.